The third kappa shape index (κ3) is 5.14. The van der Waals surface area contributed by atoms with Crippen molar-refractivity contribution in [2.45, 2.75) is 31.3 Å². The molecule has 0 aromatic rings. The summed E-state index contributed by atoms with van der Waals surface area (Å²) in [6.45, 7) is 0.377. The van der Waals surface area contributed by atoms with Crippen molar-refractivity contribution in [2.24, 2.45) is 0 Å². The number of aliphatic hydroxyl groups is 4. The lowest BCUT2D eigenvalue weighted by molar-refractivity contribution is -0.129. The zero-order valence-electron chi connectivity index (χ0n) is 8.70. The van der Waals surface area contributed by atoms with E-state index in [2.05, 4.69) is 5.32 Å². The largest absolute Gasteiger partial charge is 0.412 e. The molecule has 0 aliphatic rings. The van der Waals surface area contributed by atoms with Crippen LogP contribution in [0.4, 0.5) is 0 Å². The van der Waals surface area contributed by atoms with Gasteiger partial charge in [-0.25, -0.2) is 0 Å². The Morgan fingerprint density at radius 1 is 1.31 bits per heavy atom. The van der Waals surface area contributed by atoms with Crippen molar-refractivity contribution in [3.63, 3.8) is 0 Å². The van der Waals surface area contributed by atoms with Gasteiger partial charge in [0, 0.05) is 6.92 Å². The Bertz CT molecular complexity index is 222. The fourth-order valence-corrected chi connectivity index (χ4v) is 0.983. The van der Waals surface area contributed by atoms with Crippen molar-refractivity contribution in [1.29, 1.82) is 0 Å². The van der Waals surface area contributed by atoms with Crippen molar-refractivity contribution in [1.82, 2.24) is 5.32 Å². The van der Waals surface area contributed by atoms with Crippen molar-refractivity contribution in [2.75, 3.05) is 6.61 Å². The van der Waals surface area contributed by atoms with Gasteiger partial charge in [-0.05, 0) is 0 Å². The number of carbonyl (C=O) groups excluding carboxylic acids is 2. The zero-order chi connectivity index (χ0) is 12.0. The zero-order valence-corrected chi connectivity index (χ0v) is 8.70. The van der Waals surface area contributed by atoms with Crippen LogP contribution in [0.1, 0.15) is 6.92 Å². The maximum absolute atomic E-state index is 10.6. The fraction of sp³-hybridized carbons (Fsp3) is 0.750. The standard InChI is InChI=1S/C8H15NO6.H2O/c1-4(12)9-5(2-10)7(14)8(15)6(13)3-11;/h2,5-8,11,13-15H,3H2,1H3,(H,9,12);1H2/t5-,6+,7+,8-;/m0./s1. The lowest BCUT2D eigenvalue weighted by Gasteiger charge is -2.25. The van der Waals surface area contributed by atoms with Gasteiger partial charge in [0.05, 0.1) is 6.61 Å². The number of carbonyl (C=O) groups is 2. The molecule has 0 rings (SSSR count). The molecule has 0 aromatic carbocycles. The first-order valence-corrected chi connectivity index (χ1v) is 4.31. The van der Waals surface area contributed by atoms with E-state index in [9.17, 15) is 19.8 Å². The van der Waals surface area contributed by atoms with E-state index in [4.69, 9.17) is 10.2 Å². The van der Waals surface area contributed by atoms with Crippen molar-refractivity contribution in [3.05, 3.63) is 0 Å². The molecule has 0 aromatic heterocycles. The summed E-state index contributed by atoms with van der Waals surface area (Å²) in [5, 5.41) is 38.2. The Balaban J connectivity index is 0. The van der Waals surface area contributed by atoms with Crippen LogP contribution in [0.15, 0.2) is 0 Å². The van der Waals surface area contributed by atoms with E-state index in [0.717, 1.165) is 6.92 Å². The number of aldehydes is 1. The summed E-state index contributed by atoms with van der Waals surface area (Å²) in [5.74, 6) is -0.558. The molecule has 16 heavy (non-hydrogen) atoms. The molecule has 0 saturated carbocycles. The Kier molecular flexibility index (Phi) is 8.81. The molecule has 0 fully saturated rings. The number of aliphatic hydroxyl groups excluding tert-OH is 4. The number of hydrogen-bond acceptors (Lipinski definition) is 6. The molecule has 0 saturated heterocycles. The van der Waals surface area contributed by atoms with Crippen LogP contribution in [0.3, 0.4) is 0 Å². The van der Waals surface area contributed by atoms with E-state index in [0.29, 0.717) is 0 Å². The van der Waals surface area contributed by atoms with Crippen molar-refractivity contribution >= 4 is 12.2 Å². The average Bonchev–Trinajstić information content (AvgIpc) is 2.22. The van der Waals surface area contributed by atoms with Crippen LogP contribution < -0.4 is 5.32 Å². The van der Waals surface area contributed by atoms with Crippen LogP contribution in [0.2, 0.25) is 0 Å². The molecular weight excluding hydrogens is 222 g/mol. The summed E-state index contributed by atoms with van der Waals surface area (Å²) >= 11 is 0. The predicted molar refractivity (Wildman–Crippen MR) is 52.4 cm³/mol. The molecule has 0 aliphatic heterocycles. The normalized spacial score (nSPS) is 17.6. The topological polar surface area (TPSA) is 159 Å². The highest BCUT2D eigenvalue weighted by Gasteiger charge is 2.31. The molecule has 7 N–H and O–H groups in total. The molecule has 96 valence electrons. The van der Waals surface area contributed by atoms with Crippen LogP contribution in [0.25, 0.3) is 0 Å². The molecule has 0 bridgehead atoms. The van der Waals surface area contributed by atoms with Gasteiger partial charge < -0.3 is 36.0 Å². The molecule has 0 radical (unpaired) electrons. The molecule has 8 nitrogen and oxygen atoms in total. The highest BCUT2D eigenvalue weighted by Crippen LogP contribution is 2.03. The van der Waals surface area contributed by atoms with Gasteiger partial charge in [-0.15, -0.1) is 0 Å². The van der Waals surface area contributed by atoms with Crippen LogP contribution in [-0.2, 0) is 9.59 Å². The summed E-state index contributed by atoms with van der Waals surface area (Å²) in [5.41, 5.74) is 0. The summed E-state index contributed by atoms with van der Waals surface area (Å²) in [6, 6.07) is -1.32. The maximum atomic E-state index is 10.6. The van der Waals surface area contributed by atoms with Crippen LogP contribution >= 0.6 is 0 Å². The van der Waals surface area contributed by atoms with E-state index in [1.165, 1.54) is 0 Å². The Labute approximate surface area is 91.8 Å². The van der Waals surface area contributed by atoms with E-state index in [-0.39, 0.29) is 11.8 Å². The minimum atomic E-state index is -1.71. The minimum absolute atomic E-state index is 0. The quantitative estimate of drug-likeness (QED) is 0.296. The Hall–Kier alpha value is -1.06. The van der Waals surface area contributed by atoms with Gasteiger partial charge in [0.25, 0.3) is 0 Å². The summed E-state index contributed by atoms with van der Waals surface area (Å²) in [6.07, 6.45) is -4.72. The van der Waals surface area contributed by atoms with E-state index in [1.807, 2.05) is 0 Å². The monoisotopic (exact) mass is 239 g/mol. The lowest BCUT2D eigenvalue weighted by atomic mass is 10.0. The number of hydrogen-bond donors (Lipinski definition) is 5. The second-order valence-electron chi connectivity index (χ2n) is 3.09. The first-order valence-electron chi connectivity index (χ1n) is 4.31. The summed E-state index contributed by atoms with van der Waals surface area (Å²) in [7, 11) is 0. The summed E-state index contributed by atoms with van der Waals surface area (Å²) in [4.78, 5) is 21.1. The average molecular weight is 239 g/mol. The lowest BCUT2D eigenvalue weighted by Crippen LogP contribution is -2.53. The van der Waals surface area contributed by atoms with Crippen molar-refractivity contribution in [3.8, 4) is 0 Å². The SMILES string of the molecule is CC(=O)N[C@@H](C=O)[C@@H](O)[C@@H](O)[C@H](O)CO.O. The highest BCUT2D eigenvalue weighted by molar-refractivity contribution is 5.77. The van der Waals surface area contributed by atoms with Gasteiger partial charge in [-0.2, -0.15) is 0 Å². The molecule has 0 heterocycles. The summed E-state index contributed by atoms with van der Waals surface area (Å²) < 4.78 is 0. The number of amides is 1. The Morgan fingerprint density at radius 3 is 2.12 bits per heavy atom. The second kappa shape index (κ2) is 8.13. The molecule has 4 atom stereocenters. The van der Waals surface area contributed by atoms with Crippen LogP contribution in [0, 0.1) is 0 Å². The van der Waals surface area contributed by atoms with Crippen LogP contribution in [-0.4, -0.2) is 69.1 Å². The first-order chi connectivity index (χ1) is 6.93. The van der Waals surface area contributed by atoms with Gasteiger partial charge in [-0.1, -0.05) is 0 Å². The minimum Gasteiger partial charge on any atom is -0.412 e. The van der Waals surface area contributed by atoms with E-state index in [1.54, 1.807) is 0 Å². The molecule has 0 unspecified atom stereocenters. The van der Waals surface area contributed by atoms with E-state index < -0.39 is 36.9 Å². The maximum Gasteiger partial charge on any atom is 0.217 e. The van der Waals surface area contributed by atoms with Crippen molar-refractivity contribution < 1.29 is 35.5 Å². The molecule has 8 heteroatoms. The fourth-order valence-electron chi connectivity index (χ4n) is 0.983. The highest BCUT2D eigenvalue weighted by atomic mass is 16.4. The number of nitrogens with one attached hydrogen (secondary N) is 1. The molecule has 0 aliphatic carbocycles. The second-order valence-corrected chi connectivity index (χ2v) is 3.09. The van der Waals surface area contributed by atoms with Gasteiger partial charge in [0.2, 0.25) is 5.91 Å². The van der Waals surface area contributed by atoms with Gasteiger partial charge >= 0.3 is 0 Å². The van der Waals surface area contributed by atoms with Gasteiger partial charge in [-0.3, -0.25) is 4.79 Å². The third-order valence-corrected chi connectivity index (χ3v) is 1.82. The first kappa shape index (κ1) is 17.3. The molecule has 1 amide bonds. The van der Waals surface area contributed by atoms with Crippen LogP contribution in [0.5, 0.6) is 0 Å². The molecular formula is C8H17NO7. The number of rotatable bonds is 6. The third-order valence-electron chi connectivity index (χ3n) is 1.82. The van der Waals surface area contributed by atoms with Gasteiger partial charge in [0.1, 0.15) is 30.6 Å². The predicted octanol–water partition coefficient (Wildman–Crippen LogP) is -4.06. The van der Waals surface area contributed by atoms with E-state index >= 15 is 0 Å². The van der Waals surface area contributed by atoms with Gasteiger partial charge in [0.15, 0.2) is 0 Å². The smallest absolute Gasteiger partial charge is 0.217 e. The Morgan fingerprint density at radius 2 is 1.81 bits per heavy atom. The molecule has 0 spiro atoms.